The Labute approximate surface area is 451 Å². The summed E-state index contributed by atoms with van der Waals surface area (Å²) >= 11 is 0. The molecule has 15 rings (SSSR count). The van der Waals surface area contributed by atoms with Crippen molar-refractivity contribution in [2.24, 2.45) is 0 Å². The summed E-state index contributed by atoms with van der Waals surface area (Å²) < 4.78 is 14.0. The molecule has 13 aromatic carbocycles. The smallest absolute Gasteiger partial charge is 0.159 e. The second-order valence-electron chi connectivity index (χ2n) is 20.0. The minimum Gasteiger partial charge on any atom is -0.454 e. The molecule has 2 heterocycles. The number of anilines is 6. The summed E-state index contributed by atoms with van der Waals surface area (Å²) in [5, 5.41) is 8.51. The van der Waals surface area contributed by atoms with Gasteiger partial charge in [-0.15, -0.1) is 0 Å². The lowest BCUT2D eigenvalue weighted by molar-refractivity contribution is 0.668. The van der Waals surface area contributed by atoms with Crippen molar-refractivity contribution in [2.75, 3.05) is 9.80 Å². The van der Waals surface area contributed by atoms with E-state index in [0.717, 1.165) is 144 Å². The molecule has 0 saturated heterocycles. The number of fused-ring (bicyclic) bond motifs is 8. The maximum absolute atomic E-state index is 7.02. The number of benzene rings is 13. The fourth-order valence-electron chi connectivity index (χ4n) is 11.7. The van der Waals surface area contributed by atoms with Gasteiger partial charge in [-0.1, -0.05) is 231 Å². The zero-order valence-electron chi connectivity index (χ0n) is 42.4. The van der Waals surface area contributed by atoms with Crippen molar-refractivity contribution in [1.29, 1.82) is 0 Å². The number of rotatable bonds is 10. The van der Waals surface area contributed by atoms with Gasteiger partial charge in [0.15, 0.2) is 11.2 Å². The molecule has 2 aromatic heterocycles. The molecule has 15 aromatic rings. The number of furan rings is 2. The third-order valence-corrected chi connectivity index (χ3v) is 15.4. The highest BCUT2D eigenvalue weighted by molar-refractivity contribution is 6.26. The normalized spacial score (nSPS) is 11.6. The first-order valence-corrected chi connectivity index (χ1v) is 26.6. The third-order valence-electron chi connectivity index (χ3n) is 15.4. The fraction of sp³-hybridized carbons (Fsp3) is 0. The maximum Gasteiger partial charge on any atom is 0.159 e. The SMILES string of the molecule is c1ccc(-c2ccc(N(c3c4ccc(-c5ccccc5)cc4c(N(c4ccc(-c5ccccc5)cc4)c4cccc5c4oc4ccccc45)c4ccc(-c5ccccc5)cc34)c3cccc4c3oc3ccccc34)cc2)cc1. The van der Waals surface area contributed by atoms with Crippen LogP contribution in [0.15, 0.2) is 300 Å². The first kappa shape index (κ1) is 45.0. The minimum atomic E-state index is 0.813. The molecule has 0 radical (unpaired) electrons. The lowest BCUT2D eigenvalue weighted by Crippen LogP contribution is -2.15. The molecule has 0 bridgehead atoms. The molecule has 0 atom stereocenters. The molecular formula is C74H48N2O2. The van der Waals surface area contributed by atoms with Crippen LogP contribution in [0.4, 0.5) is 34.1 Å². The average molecular weight is 997 g/mol. The van der Waals surface area contributed by atoms with Gasteiger partial charge in [0.1, 0.15) is 11.2 Å². The first-order chi connectivity index (χ1) is 38.7. The van der Waals surface area contributed by atoms with Crippen LogP contribution in [-0.2, 0) is 0 Å². The van der Waals surface area contributed by atoms with Crippen molar-refractivity contribution < 1.29 is 8.83 Å². The largest absolute Gasteiger partial charge is 0.454 e. The van der Waals surface area contributed by atoms with Crippen LogP contribution in [0.1, 0.15) is 0 Å². The Morgan fingerprint density at radius 1 is 0.205 bits per heavy atom. The number of hydrogen-bond donors (Lipinski definition) is 0. The van der Waals surface area contributed by atoms with Crippen LogP contribution in [0.3, 0.4) is 0 Å². The molecule has 0 aliphatic heterocycles. The Bertz CT molecular complexity index is 4400. The highest BCUT2D eigenvalue weighted by atomic mass is 16.3. The van der Waals surface area contributed by atoms with Gasteiger partial charge in [-0.3, -0.25) is 0 Å². The van der Waals surface area contributed by atoms with Gasteiger partial charge in [0, 0.05) is 54.5 Å². The van der Waals surface area contributed by atoms with E-state index in [9.17, 15) is 0 Å². The van der Waals surface area contributed by atoms with Gasteiger partial charge < -0.3 is 18.6 Å². The van der Waals surface area contributed by atoms with E-state index >= 15 is 0 Å². The van der Waals surface area contributed by atoms with Crippen LogP contribution in [-0.4, -0.2) is 0 Å². The lowest BCUT2D eigenvalue weighted by Gasteiger charge is -2.33. The molecule has 0 aliphatic carbocycles. The molecule has 4 nitrogen and oxygen atoms in total. The number of nitrogens with zero attached hydrogens (tertiary/aromatic N) is 2. The Morgan fingerprint density at radius 2 is 0.513 bits per heavy atom. The number of para-hydroxylation sites is 4. The molecule has 0 fully saturated rings. The van der Waals surface area contributed by atoms with Crippen LogP contribution >= 0.6 is 0 Å². The summed E-state index contributed by atoms with van der Waals surface area (Å²) in [6, 6.07) is 105. The zero-order valence-corrected chi connectivity index (χ0v) is 42.4. The van der Waals surface area contributed by atoms with Crippen molar-refractivity contribution in [2.45, 2.75) is 0 Å². The van der Waals surface area contributed by atoms with Crippen molar-refractivity contribution in [3.8, 4) is 44.5 Å². The van der Waals surface area contributed by atoms with Gasteiger partial charge in [-0.05, 0) is 105 Å². The Kier molecular flexibility index (Phi) is 10.8. The van der Waals surface area contributed by atoms with Crippen LogP contribution < -0.4 is 9.80 Å². The van der Waals surface area contributed by atoms with Crippen LogP contribution in [0, 0.1) is 0 Å². The summed E-state index contributed by atoms with van der Waals surface area (Å²) in [4.78, 5) is 4.90. The van der Waals surface area contributed by atoms with E-state index in [1.165, 1.54) is 0 Å². The van der Waals surface area contributed by atoms with Crippen LogP contribution in [0.25, 0.3) is 110 Å². The van der Waals surface area contributed by atoms with E-state index in [1.807, 2.05) is 12.1 Å². The molecule has 0 N–H and O–H groups in total. The van der Waals surface area contributed by atoms with Crippen LogP contribution in [0.5, 0.6) is 0 Å². The topological polar surface area (TPSA) is 32.8 Å². The van der Waals surface area contributed by atoms with Gasteiger partial charge >= 0.3 is 0 Å². The minimum absolute atomic E-state index is 0.813. The average Bonchev–Trinajstić information content (AvgIpc) is 4.19. The summed E-state index contributed by atoms with van der Waals surface area (Å²) in [6.07, 6.45) is 0. The molecule has 4 heteroatoms. The predicted octanol–water partition coefficient (Wildman–Crippen LogP) is 21.4. The highest BCUT2D eigenvalue weighted by Gasteiger charge is 2.30. The van der Waals surface area contributed by atoms with E-state index in [1.54, 1.807) is 0 Å². The van der Waals surface area contributed by atoms with Gasteiger partial charge in [0.25, 0.3) is 0 Å². The molecule has 0 spiro atoms. The predicted molar refractivity (Wildman–Crippen MR) is 327 cm³/mol. The molecule has 0 amide bonds. The standard InChI is InChI=1S/C74H48N2O2/c1-5-19-49(20-6-1)53-35-41-57(42-36-53)75(67-31-17-29-63-59-27-13-15-33-69(59)77-73(63)67)71-61-45-39-56(52-25-11-4-12-26-52)48-66(61)72(62-46-40-55(47-65(62)71)51-23-9-3-10-24-51)76(58-43-37-54(38-44-58)50-21-7-2-8-22-50)68-32-18-30-64-60-28-14-16-34-70(60)78-74(64)68/h1-48H. The molecule has 366 valence electrons. The molecule has 78 heavy (non-hydrogen) atoms. The summed E-state index contributed by atoms with van der Waals surface area (Å²) in [6.45, 7) is 0. The summed E-state index contributed by atoms with van der Waals surface area (Å²) in [5.74, 6) is 0. The van der Waals surface area contributed by atoms with Crippen molar-refractivity contribution in [3.05, 3.63) is 291 Å². The van der Waals surface area contributed by atoms with Crippen molar-refractivity contribution in [3.63, 3.8) is 0 Å². The second-order valence-corrected chi connectivity index (χ2v) is 20.0. The molecule has 0 unspecified atom stereocenters. The molecular weight excluding hydrogens is 949 g/mol. The van der Waals surface area contributed by atoms with Crippen molar-refractivity contribution in [1.82, 2.24) is 0 Å². The van der Waals surface area contributed by atoms with Gasteiger partial charge in [-0.25, -0.2) is 0 Å². The van der Waals surface area contributed by atoms with Gasteiger partial charge in [0.2, 0.25) is 0 Å². The van der Waals surface area contributed by atoms with E-state index in [4.69, 9.17) is 8.83 Å². The van der Waals surface area contributed by atoms with Gasteiger partial charge in [-0.2, -0.15) is 0 Å². The Balaban J connectivity index is 1.10. The van der Waals surface area contributed by atoms with Gasteiger partial charge in [0.05, 0.1) is 22.7 Å². The Morgan fingerprint density at radius 3 is 0.897 bits per heavy atom. The summed E-state index contributed by atoms with van der Waals surface area (Å²) in [5.41, 5.74) is 18.3. The van der Waals surface area contributed by atoms with E-state index in [-0.39, 0.29) is 0 Å². The third kappa shape index (κ3) is 7.61. The maximum atomic E-state index is 7.02. The lowest BCUT2D eigenvalue weighted by atomic mass is 9.91. The van der Waals surface area contributed by atoms with Crippen LogP contribution in [0.2, 0.25) is 0 Å². The van der Waals surface area contributed by atoms with E-state index in [0.29, 0.717) is 0 Å². The molecule has 0 saturated carbocycles. The monoisotopic (exact) mass is 996 g/mol. The second kappa shape index (κ2) is 18.7. The zero-order chi connectivity index (χ0) is 51.5. The number of hydrogen-bond acceptors (Lipinski definition) is 4. The fourth-order valence-corrected chi connectivity index (χ4v) is 11.7. The highest BCUT2D eigenvalue weighted by Crippen LogP contribution is 2.55. The Hall–Kier alpha value is -10.4. The van der Waals surface area contributed by atoms with Crippen molar-refractivity contribution >= 4 is 99.5 Å². The van der Waals surface area contributed by atoms with E-state index < -0.39 is 0 Å². The summed E-state index contributed by atoms with van der Waals surface area (Å²) in [7, 11) is 0. The molecule has 0 aliphatic rings. The first-order valence-electron chi connectivity index (χ1n) is 26.6. The quantitative estimate of drug-likeness (QED) is 0.101. The van der Waals surface area contributed by atoms with E-state index in [2.05, 4.69) is 289 Å².